The first-order valence-electron chi connectivity index (χ1n) is 6.30. The van der Waals surface area contributed by atoms with Crippen LogP contribution in [-0.2, 0) is 0 Å². The lowest BCUT2D eigenvalue weighted by Crippen LogP contribution is -2.32. The highest BCUT2D eigenvalue weighted by Crippen LogP contribution is 2.34. The molecule has 1 aromatic carbocycles. The van der Waals surface area contributed by atoms with Crippen LogP contribution in [0.2, 0.25) is 0 Å². The summed E-state index contributed by atoms with van der Waals surface area (Å²) in [7, 11) is 1.57. The highest BCUT2D eigenvalue weighted by Gasteiger charge is 2.21. The minimum Gasteiger partial charge on any atom is -0.504 e. The van der Waals surface area contributed by atoms with E-state index in [4.69, 9.17) is 4.74 Å². The molecule has 1 aliphatic rings. The van der Waals surface area contributed by atoms with Crippen molar-refractivity contribution in [1.29, 1.82) is 0 Å². The van der Waals surface area contributed by atoms with Gasteiger partial charge in [0.2, 0.25) is 0 Å². The van der Waals surface area contributed by atoms with Gasteiger partial charge in [-0.05, 0) is 55.5 Å². The molecule has 3 heteroatoms. The standard InChI is InChI=1S/C14H21NO2/c1-10(12-4-3-7-15-9-12)11-5-6-14(17-2)13(16)8-11/h5-6,8,10,12,15-16H,3-4,7,9H2,1-2H3. The number of piperidine rings is 1. The number of ether oxygens (including phenoxy) is 1. The Balaban J connectivity index is 2.12. The van der Waals surface area contributed by atoms with Crippen LogP contribution in [0.15, 0.2) is 18.2 Å². The van der Waals surface area contributed by atoms with E-state index in [1.165, 1.54) is 18.4 Å². The molecular weight excluding hydrogens is 214 g/mol. The fourth-order valence-corrected chi connectivity index (χ4v) is 2.57. The summed E-state index contributed by atoms with van der Waals surface area (Å²) in [4.78, 5) is 0. The van der Waals surface area contributed by atoms with E-state index in [1.54, 1.807) is 7.11 Å². The SMILES string of the molecule is COc1ccc(C(C)C2CCCNC2)cc1O. The van der Waals surface area contributed by atoms with Crippen LogP contribution in [0.3, 0.4) is 0 Å². The summed E-state index contributed by atoms with van der Waals surface area (Å²) >= 11 is 0. The smallest absolute Gasteiger partial charge is 0.160 e. The second kappa shape index (κ2) is 5.41. The number of hydrogen-bond acceptors (Lipinski definition) is 3. The Morgan fingerprint density at radius 2 is 2.29 bits per heavy atom. The fraction of sp³-hybridized carbons (Fsp3) is 0.571. The summed E-state index contributed by atoms with van der Waals surface area (Å²) in [5.41, 5.74) is 1.19. The maximum Gasteiger partial charge on any atom is 0.160 e. The van der Waals surface area contributed by atoms with Crippen molar-refractivity contribution >= 4 is 0 Å². The van der Waals surface area contributed by atoms with E-state index in [9.17, 15) is 5.11 Å². The molecule has 2 rings (SSSR count). The first-order valence-corrected chi connectivity index (χ1v) is 6.30. The lowest BCUT2D eigenvalue weighted by atomic mass is 9.83. The van der Waals surface area contributed by atoms with Crippen molar-refractivity contribution in [1.82, 2.24) is 5.32 Å². The van der Waals surface area contributed by atoms with E-state index >= 15 is 0 Å². The summed E-state index contributed by atoms with van der Waals surface area (Å²) in [5, 5.41) is 13.2. The summed E-state index contributed by atoms with van der Waals surface area (Å²) < 4.78 is 5.06. The number of phenolic OH excluding ortho intramolecular Hbond substituents is 1. The summed E-state index contributed by atoms with van der Waals surface area (Å²) in [5.74, 6) is 1.92. The Morgan fingerprint density at radius 1 is 1.47 bits per heavy atom. The van der Waals surface area contributed by atoms with Crippen LogP contribution >= 0.6 is 0 Å². The molecule has 1 saturated heterocycles. The van der Waals surface area contributed by atoms with Crippen molar-refractivity contribution in [3.63, 3.8) is 0 Å². The molecule has 94 valence electrons. The first kappa shape index (κ1) is 12.2. The monoisotopic (exact) mass is 235 g/mol. The molecule has 2 N–H and O–H groups in total. The van der Waals surface area contributed by atoms with Crippen molar-refractivity contribution in [2.75, 3.05) is 20.2 Å². The van der Waals surface area contributed by atoms with Crippen molar-refractivity contribution in [2.45, 2.75) is 25.7 Å². The zero-order chi connectivity index (χ0) is 12.3. The molecule has 0 aromatic heterocycles. The number of benzene rings is 1. The molecule has 0 saturated carbocycles. The van der Waals surface area contributed by atoms with Gasteiger partial charge in [0.15, 0.2) is 11.5 Å². The van der Waals surface area contributed by atoms with E-state index in [1.807, 2.05) is 12.1 Å². The lowest BCUT2D eigenvalue weighted by Gasteiger charge is -2.28. The second-order valence-electron chi connectivity index (χ2n) is 4.83. The van der Waals surface area contributed by atoms with Gasteiger partial charge in [0.05, 0.1) is 7.11 Å². The molecule has 3 nitrogen and oxygen atoms in total. The molecule has 1 aliphatic heterocycles. The Bertz CT molecular complexity index is 372. The maximum absolute atomic E-state index is 9.80. The number of rotatable bonds is 3. The largest absolute Gasteiger partial charge is 0.504 e. The Morgan fingerprint density at radius 3 is 2.88 bits per heavy atom. The average molecular weight is 235 g/mol. The van der Waals surface area contributed by atoms with Crippen molar-refractivity contribution < 1.29 is 9.84 Å². The van der Waals surface area contributed by atoms with E-state index in [0.29, 0.717) is 17.6 Å². The van der Waals surface area contributed by atoms with Gasteiger partial charge in [-0.15, -0.1) is 0 Å². The predicted octanol–water partition coefficient (Wildman–Crippen LogP) is 2.50. The topological polar surface area (TPSA) is 41.5 Å². The van der Waals surface area contributed by atoms with E-state index < -0.39 is 0 Å². The number of methoxy groups -OCH3 is 1. The van der Waals surface area contributed by atoms with Crippen molar-refractivity contribution in [3.05, 3.63) is 23.8 Å². The molecule has 1 fully saturated rings. The quantitative estimate of drug-likeness (QED) is 0.845. The minimum absolute atomic E-state index is 0.237. The lowest BCUT2D eigenvalue weighted by molar-refractivity contribution is 0.332. The molecular formula is C14H21NO2. The van der Waals surface area contributed by atoms with Gasteiger partial charge in [0, 0.05) is 0 Å². The van der Waals surface area contributed by atoms with Gasteiger partial charge in [-0.2, -0.15) is 0 Å². The Hall–Kier alpha value is -1.22. The van der Waals surface area contributed by atoms with Crippen LogP contribution < -0.4 is 10.1 Å². The number of hydrogen-bond donors (Lipinski definition) is 2. The average Bonchev–Trinajstić information content (AvgIpc) is 2.39. The minimum atomic E-state index is 0.237. The van der Waals surface area contributed by atoms with Crippen molar-refractivity contribution in [3.8, 4) is 11.5 Å². The molecule has 2 unspecified atom stereocenters. The van der Waals surface area contributed by atoms with Gasteiger partial charge >= 0.3 is 0 Å². The molecule has 1 heterocycles. The molecule has 0 radical (unpaired) electrons. The van der Waals surface area contributed by atoms with E-state index in [0.717, 1.165) is 13.1 Å². The van der Waals surface area contributed by atoms with Gasteiger partial charge in [-0.1, -0.05) is 13.0 Å². The zero-order valence-corrected chi connectivity index (χ0v) is 10.6. The van der Waals surface area contributed by atoms with E-state index in [-0.39, 0.29) is 5.75 Å². The fourth-order valence-electron chi connectivity index (χ4n) is 2.57. The van der Waals surface area contributed by atoms with Crippen molar-refractivity contribution in [2.24, 2.45) is 5.92 Å². The third-order valence-corrected chi connectivity index (χ3v) is 3.77. The molecule has 1 aromatic rings. The Kier molecular flexibility index (Phi) is 3.89. The molecule has 0 amide bonds. The highest BCUT2D eigenvalue weighted by atomic mass is 16.5. The normalized spacial score (nSPS) is 22.1. The maximum atomic E-state index is 9.80. The van der Waals surface area contributed by atoms with E-state index in [2.05, 4.69) is 18.3 Å². The third-order valence-electron chi connectivity index (χ3n) is 3.77. The van der Waals surface area contributed by atoms with Crippen LogP contribution in [0.5, 0.6) is 11.5 Å². The first-order chi connectivity index (χ1) is 8.22. The molecule has 0 bridgehead atoms. The molecule has 0 spiro atoms. The molecule has 17 heavy (non-hydrogen) atoms. The van der Waals surface area contributed by atoms with Gasteiger partial charge in [-0.25, -0.2) is 0 Å². The number of aromatic hydroxyl groups is 1. The van der Waals surface area contributed by atoms with Crippen LogP contribution in [0, 0.1) is 5.92 Å². The molecule has 2 atom stereocenters. The van der Waals surface area contributed by atoms with Gasteiger partial charge in [0.25, 0.3) is 0 Å². The van der Waals surface area contributed by atoms with Gasteiger partial charge < -0.3 is 15.2 Å². The van der Waals surface area contributed by atoms with Crippen LogP contribution in [-0.4, -0.2) is 25.3 Å². The predicted molar refractivity (Wildman–Crippen MR) is 68.7 cm³/mol. The molecule has 0 aliphatic carbocycles. The number of nitrogens with one attached hydrogen (secondary N) is 1. The number of phenols is 1. The van der Waals surface area contributed by atoms with Crippen LogP contribution in [0.4, 0.5) is 0 Å². The summed E-state index contributed by atoms with van der Waals surface area (Å²) in [6, 6.07) is 5.73. The highest BCUT2D eigenvalue weighted by molar-refractivity contribution is 5.42. The third kappa shape index (κ3) is 2.72. The zero-order valence-electron chi connectivity index (χ0n) is 10.6. The summed E-state index contributed by atoms with van der Waals surface area (Å²) in [6.07, 6.45) is 2.51. The second-order valence-corrected chi connectivity index (χ2v) is 4.83. The van der Waals surface area contributed by atoms with Gasteiger partial charge in [-0.3, -0.25) is 0 Å². The Labute approximate surface area is 103 Å². The van der Waals surface area contributed by atoms with Crippen LogP contribution in [0.1, 0.15) is 31.2 Å². The summed E-state index contributed by atoms with van der Waals surface area (Å²) in [6.45, 7) is 4.45. The van der Waals surface area contributed by atoms with Gasteiger partial charge in [0.1, 0.15) is 0 Å². The van der Waals surface area contributed by atoms with Crippen LogP contribution in [0.25, 0.3) is 0 Å².